The molecule has 0 saturated carbocycles. The summed E-state index contributed by atoms with van der Waals surface area (Å²) in [7, 11) is 1.92. The summed E-state index contributed by atoms with van der Waals surface area (Å²) in [6, 6.07) is 5.87. The molecule has 6 heteroatoms. The molecule has 0 fully saturated rings. The van der Waals surface area contributed by atoms with Gasteiger partial charge in [-0.25, -0.2) is 9.97 Å². The summed E-state index contributed by atoms with van der Waals surface area (Å²) in [5.41, 5.74) is 2.82. The average Bonchev–Trinajstić information content (AvgIpc) is 3.00. The summed E-state index contributed by atoms with van der Waals surface area (Å²) < 4.78 is 3.90. The molecule has 0 N–H and O–H groups in total. The summed E-state index contributed by atoms with van der Waals surface area (Å²) in [4.78, 5) is 8.99. The summed E-state index contributed by atoms with van der Waals surface area (Å²) >= 11 is 6.23. The summed E-state index contributed by atoms with van der Waals surface area (Å²) in [5, 5.41) is 4.25. The quantitative estimate of drug-likeness (QED) is 0.694. The number of aryl methyl sites for hydroxylation is 3. The zero-order chi connectivity index (χ0) is 14.1. The molecule has 5 nitrogen and oxygen atoms in total. The Morgan fingerprint density at radius 1 is 1.35 bits per heavy atom. The van der Waals surface area contributed by atoms with Crippen LogP contribution in [0.2, 0.25) is 0 Å². The highest BCUT2D eigenvalue weighted by Gasteiger charge is 2.15. The first-order valence-electron chi connectivity index (χ1n) is 6.59. The molecule has 3 aromatic rings. The van der Waals surface area contributed by atoms with Crippen LogP contribution < -0.4 is 0 Å². The van der Waals surface area contributed by atoms with E-state index in [0.717, 1.165) is 35.6 Å². The molecule has 0 amide bonds. The van der Waals surface area contributed by atoms with Gasteiger partial charge >= 0.3 is 0 Å². The van der Waals surface area contributed by atoms with Crippen molar-refractivity contribution in [2.45, 2.75) is 25.3 Å². The number of halogens is 1. The molecule has 0 bridgehead atoms. The molecule has 3 rings (SSSR count). The highest BCUT2D eigenvalue weighted by molar-refractivity contribution is 6.20. The largest absolute Gasteiger partial charge is 0.311 e. The molecule has 20 heavy (non-hydrogen) atoms. The van der Waals surface area contributed by atoms with Crippen molar-refractivity contribution in [3.63, 3.8) is 0 Å². The third kappa shape index (κ3) is 2.41. The van der Waals surface area contributed by atoms with Gasteiger partial charge in [-0.15, -0.1) is 11.6 Å². The van der Waals surface area contributed by atoms with E-state index in [1.807, 2.05) is 43.0 Å². The number of nitrogens with zero attached hydrogens (tertiary/aromatic N) is 5. The van der Waals surface area contributed by atoms with Gasteiger partial charge in [0.2, 0.25) is 0 Å². The molecular formula is C14H16ClN5. The van der Waals surface area contributed by atoms with Crippen LogP contribution in [0, 0.1) is 0 Å². The lowest BCUT2D eigenvalue weighted by Crippen LogP contribution is -2.08. The van der Waals surface area contributed by atoms with Crippen molar-refractivity contribution in [1.82, 2.24) is 24.3 Å². The SMILES string of the molecule is CC(Cl)c1nc2cccnc2n1CCc1ccn(C)n1. The maximum atomic E-state index is 6.23. The Morgan fingerprint density at radius 3 is 2.90 bits per heavy atom. The minimum Gasteiger partial charge on any atom is -0.311 e. The lowest BCUT2D eigenvalue weighted by Gasteiger charge is -2.08. The normalized spacial score (nSPS) is 12.9. The number of fused-ring (bicyclic) bond motifs is 1. The van der Waals surface area contributed by atoms with Crippen LogP contribution >= 0.6 is 11.6 Å². The van der Waals surface area contributed by atoms with Crippen LogP contribution in [-0.4, -0.2) is 24.3 Å². The van der Waals surface area contributed by atoms with Crippen LogP contribution in [0.25, 0.3) is 11.2 Å². The predicted octanol–water partition coefficient (Wildman–Crippen LogP) is 2.71. The van der Waals surface area contributed by atoms with E-state index in [1.165, 1.54) is 0 Å². The van der Waals surface area contributed by atoms with Crippen molar-refractivity contribution in [2.75, 3.05) is 0 Å². The van der Waals surface area contributed by atoms with Gasteiger partial charge in [-0.2, -0.15) is 5.10 Å². The standard InChI is InChI=1S/C14H16ClN5/c1-10(15)13-17-12-4-3-7-16-14(12)20(13)9-6-11-5-8-19(2)18-11/h3-5,7-8,10H,6,9H2,1-2H3. The van der Waals surface area contributed by atoms with Gasteiger partial charge < -0.3 is 4.57 Å². The fourth-order valence-corrected chi connectivity index (χ4v) is 2.49. The Hall–Kier alpha value is -1.88. The molecule has 0 saturated heterocycles. The topological polar surface area (TPSA) is 48.5 Å². The smallest absolute Gasteiger partial charge is 0.160 e. The second-order valence-corrected chi connectivity index (χ2v) is 5.47. The first-order chi connectivity index (χ1) is 9.65. The first-order valence-corrected chi connectivity index (χ1v) is 7.02. The Balaban J connectivity index is 1.94. The Bertz CT molecular complexity index is 728. The van der Waals surface area contributed by atoms with Crippen LogP contribution in [0.15, 0.2) is 30.6 Å². The molecule has 3 aromatic heterocycles. The Morgan fingerprint density at radius 2 is 2.20 bits per heavy atom. The molecule has 0 spiro atoms. The fourth-order valence-electron chi connectivity index (χ4n) is 2.32. The number of aromatic nitrogens is 5. The lowest BCUT2D eigenvalue weighted by molar-refractivity contribution is 0.643. The molecule has 0 radical (unpaired) electrons. The highest BCUT2D eigenvalue weighted by Crippen LogP contribution is 2.23. The third-order valence-corrected chi connectivity index (χ3v) is 3.44. The maximum Gasteiger partial charge on any atom is 0.160 e. The Kier molecular flexibility index (Phi) is 3.44. The highest BCUT2D eigenvalue weighted by atomic mass is 35.5. The second kappa shape index (κ2) is 5.25. The molecule has 0 aliphatic rings. The average molecular weight is 290 g/mol. The number of hydrogen-bond acceptors (Lipinski definition) is 3. The number of rotatable bonds is 4. The Labute approximate surface area is 122 Å². The van der Waals surface area contributed by atoms with Gasteiger partial charge in [0.15, 0.2) is 5.65 Å². The van der Waals surface area contributed by atoms with Crippen molar-refractivity contribution < 1.29 is 0 Å². The van der Waals surface area contributed by atoms with Gasteiger partial charge in [-0.1, -0.05) is 0 Å². The van der Waals surface area contributed by atoms with Crippen molar-refractivity contribution in [3.8, 4) is 0 Å². The van der Waals surface area contributed by atoms with Crippen LogP contribution in [0.4, 0.5) is 0 Å². The van der Waals surface area contributed by atoms with Crippen LogP contribution in [0.1, 0.15) is 23.8 Å². The van der Waals surface area contributed by atoms with Crippen molar-refractivity contribution in [1.29, 1.82) is 0 Å². The summed E-state index contributed by atoms with van der Waals surface area (Å²) in [6.45, 7) is 2.71. The number of hydrogen-bond donors (Lipinski definition) is 0. The van der Waals surface area contributed by atoms with E-state index in [2.05, 4.69) is 19.6 Å². The number of alkyl halides is 1. The monoisotopic (exact) mass is 289 g/mol. The molecule has 0 aliphatic heterocycles. The van der Waals surface area contributed by atoms with E-state index < -0.39 is 0 Å². The molecular weight excluding hydrogens is 274 g/mol. The molecule has 0 aromatic carbocycles. The van der Waals surface area contributed by atoms with Gasteiger partial charge in [0, 0.05) is 32.4 Å². The molecule has 1 atom stereocenters. The second-order valence-electron chi connectivity index (χ2n) is 4.81. The van der Waals surface area contributed by atoms with Gasteiger partial charge in [-0.05, 0) is 25.1 Å². The van der Waals surface area contributed by atoms with E-state index in [9.17, 15) is 0 Å². The predicted molar refractivity (Wildman–Crippen MR) is 78.7 cm³/mol. The summed E-state index contributed by atoms with van der Waals surface area (Å²) in [5.74, 6) is 0.858. The van der Waals surface area contributed by atoms with Gasteiger partial charge in [-0.3, -0.25) is 4.68 Å². The van der Waals surface area contributed by atoms with Crippen molar-refractivity contribution in [2.24, 2.45) is 7.05 Å². The number of imidazole rings is 1. The molecule has 1 unspecified atom stereocenters. The molecule has 3 heterocycles. The molecule has 0 aliphatic carbocycles. The van der Waals surface area contributed by atoms with E-state index >= 15 is 0 Å². The number of pyridine rings is 1. The fraction of sp³-hybridized carbons (Fsp3) is 0.357. The first kappa shape index (κ1) is 13.1. The minimum absolute atomic E-state index is 0.145. The third-order valence-electron chi connectivity index (χ3n) is 3.25. The van der Waals surface area contributed by atoms with Crippen LogP contribution in [0.3, 0.4) is 0 Å². The lowest BCUT2D eigenvalue weighted by atomic mass is 10.3. The van der Waals surface area contributed by atoms with Gasteiger partial charge in [0.05, 0.1) is 11.1 Å². The van der Waals surface area contributed by atoms with E-state index in [4.69, 9.17) is 11.6 Å². The van der Waals surface area contributed by atoms with Crippen LogP contribution in [-0.2, 0) is 20.0 Å². The minimum atomic E-state index is -0.145. The van der Waals surface area contributed by atoms with E-state index in [1.54, 1.807) is 6.20 Å². The molecule has 104 valence electrons. The van der Waals surface area contributed by atoms with Gasteiger partial charge in [0.25, 0.3) is 0 Å². The van der Waals surface area contributed by atoms with E-state index in [0.29, 0.717) is 0 Å². The zero-order valence-electron chi connectivity index (χ0n) is 11.5. The summed E-state index contributed by atoms with van der Waals surface area (Å²) in [6.07, 6.45) is 4.56. The zero-order valence-corrected chi connectivity index (χ0v) is 12.2. The van der Waals surface area contributed by atoms with Crippen molar-refractivity contribution in [3.05, 3.63) is 42.1 Å². The van der Waals surface area contributed by atoms with E-state index in [-0.39, 0.29) is 5.38 Å². The van der Waals surface area contributed by atoms with Crippen LogP contribution in [0.5, 0.6) is 0 Å². The van der Waals surface area contributed by atoms with Crippen molar-refractivity contribution >= 4 is 22.8 Å². The maximum absolute atomic E-state index is 6.23. The van der Waals surface area contributed by atoms with Gasteiger partial charge in [0.1, 0.15) is 11.3 Å².